The first kappa shape index (κ1) is 17.0. The van der Waals surface area contributed by atoms with Gasteiger partial charge in [0.2, 0.25) is 10.0 Å². The van der Waals surface area contributed by atoms with Gasteiger partial charge in [-0.25, -0.2) is 8.42 Å². The number of nitrogens with zero attached hydrogens (tertiary/aromatic N) is 1. The number of amides is 1. The summed E-state index contributed by atoms with van der Waals surface area (Å²) in [6.45, 7) is 4.08. The van der Waals surface area contributed by atoms with Gasteiger partial charge in [0.15, 0.2) is 0 Å². The van der Waals surface area contributed by atoms with Gasteiger partial charge < -0.3 is 5.32 Å². The normalized spacial score (nSPS) is 11.1. The predicted molar refractivity (Wildman–Crippen MR) is 93.4 cm³/mol. The zero-order chi connectivity index (χ0) is 17.0. The summed E-state index contributed by atoms with van der Waals surface area (Å²) in [6, 6.07) is 14.0. The zero-order valence-corrected chi connectivity index (χ0v) is 14.2. The lowest BCUT2D eigenvalue weighted by Crippen LogP contribution is -2.29. The molecule has 0 aliphatic carbocycles. The van der Waals surface area contributed by atoms with Gasteiger partial charge in [0, 0.05) is 17.8 Å². The van der Waals surface area contributed by atoms with E-state index in [0.29, 0.717) is 17.8 Å². The first-order chi connectivity index (χ1) is 10.8. The molecule has 5 nitrogen and oxygen atoms in total. The van der Waals surface area contributed by atoms with Crippen LogP contribution in [0.1, 0.15) is 22.8 Å². The molecule has 2 aromatic rings. The highest BCUT2D eigenvalue weighted by atomic mass is 32.2. The van der Waals surface area contributed by atoms with Crippen LogP contribution in [-0.2, 0) is 10.0 Å². The molecule has 6 heteroatoms. The largest absolute Gasteiger partial charge is 0.322 e. The van der Waals surface area contributed by atoms with Gasteiger partial charge in [0.05, 0.1) is 11.9 Å². The van der Waals surface area contributed by atoms with Crippen LogP contribution in [0.25, 0.3) is 0 Å². The van der Waals surface area contributed by atoms with E-state index in [1.807, 2.05) is 31.2 Å². The molecule has 0 fully saturated rings. The molecule has 0 unspecified atom stereocenters. The first-order valence-electron chi connectivity index (χ1n) is 7.27. The van der Waals surface area contributed by atoms with Gasteiger partial charge in [-0.05, 0) is 50.2 Å². The third-order valence-electron chi connectivity index (χ3n) is 3.41. The van der Waals surface area contributed by atoms with Crippen LogP contribution in [0.3, 0.4) is 0 Å². The quantitative estimate of drug-likeness (QED) is 0.915. The number of carbonyl (C=O) groups is 1. The van der Waals surface area contributed by atoms with Crippen LogP contribution in [-0.4, -0.2) is 27.1 Å². The molecule has 0 saturated heterocycles. The Morgan fingerprint density at radius 1 is 1.04 bits per heavy atom. The molecule has 0 atom stereocenters. The molecule has 0 aromatic heterocycles. The highest BCUT2D eigenvalue weighted by Gasteiger charge is 2.15. The van der Waals surface area contributed by atoms with E-state index < -0.39 is 10.0 Å². The Bertz CT molecular complexity index is 782. The van der Waals surface area contributed by atoms with Gasteiger partial charge in [-0.15, -0.1) is 0 Å². The zero-order valence-electron chi connectivity index (χ0n) is 13.4. The predicted octanol–water partition coefficient (Wildman–Crippen LogP) is 3.03. The molecule has 0 aliphatic rings. The van der Waals surface area contributed by atoms with Crippen molar-refractivity contribution in [1.29, 1.82) is 0 Å². The SMILES string of the molecule is CCN(c1ccc(C(=O)Nc2ccc(C)cc2)cc1)S(C)(=O)=O. The van der Waals surface area contributed by atoms with Crippen molar-refractivity contribution in [1.82, 2.24) is 0 Å². The second kappa shape index (κ2) is 6.83. The maximum Gasteiger partial charge on any atom is 0.255 e. The molecule has 0 spiro atoms. The summed E-state index contributed by atoms with van der Waals surface area (Å²) in [5, 5.41) is 2.81. The second-order valence-corrected chi connectivity index (χ2v) is 7.20. The summed E-state index contributed by atoms with van der Waals surface area (Å²) in [6.07, 6.45) is 1.16. The van der Waals surface area contributed by atoms with Crippen molar-refractivity contribution in [3.63, 3.8) is 0 Å². The second-order valence-electron chi connectivity index (χ2n) is 5.29. The molecular weight excluding hydrogens is 312 g/mol. The minimum atomic E-state index is -3.32. The van der Waals surface area contributed by atoms with E-state index in [-0.39, 0.29) is 5.91 Å². The molecular formula is C17H20N2O3S. The Morgan fingerprint density at radius 2 is 1.61 bits per heavy atom. The number of hydrogen-bond donors (Lipinski definition) is 1. The molecule has 0 aliphatic heterocycles. The standard InChI is InChI=1S/C17H20N2O3S/c1-4-19(23(3,21)22)16-11-7-14(8-12-16)17(20)18-15-9-5-13(2)6-10-15/h5-12H,4H2,1-3H3,(H,18,20). The van der Waals surface area contributed by atoms with E-state index in [9.17, 15) is 13.2 Å². The molecule has 1 N–H and O–H groups in total. The number of aryl methyl sites for hydroxylation is 1. The maximum absolute atomic E-state index is 12.2. The van der Waals surface area contributed by atoms with Crippen molar-refractivity contribution < 1.29 is 13.2 Å². The lowest BCUT2D eigenvalue weighted by Gasteiger charge is -2.20. The van der Waals surface area contributed by atoms with E-state index in [0.717, 1.165) is 17.5 Å². The van der Waals surface area contributed by atoms with Crippen LogP contribution < -0.4 is 9.62 Å². The number of rotatable bonds is 5. The highest BCUT2D eigenvalue weighted by Crippen LogP contribution is 2.19. The van der Waals surface area contributed by atoms with Crippen molar-refractivity contribution >= 4 is 27.3 Å². The van der Waals surface area contributed by atoms with Crippen LogP contribution in [0.5, 0.6) is 0 Å². The van der Waals surface area contributed by atoms with Gasteiger partial charge in [-0.2, -0.15) is 0 Å². The summed E-state index contributed by atoms with van der Waals surface area (Å²) in [7, 11) is -3.32. The number of anilines is 2. The average Bonchev–Trinajstić information content (AvgIpc) is 2.49. The van der Waals surface area contributed by atoms with E-state index in [1.165, 1.54) is 4.31 Å². The molecule has 0 bridgehead atoms. The molecule has 0 saturated carbocycles. The average molecular weight is 332 g/mol. The van der Waals surface area contributed by atoms with Crippen molar-refractivity contribution in [2.24, 2.45) is 0 Å². The van der Waals surface area contributed by atoms with Gasteiger partial charge in [-0.3, -0.25) is 9.10 Å². The fourth-order valence-electron chi connectivity index (χ4n) is 2.23. The summed E-state index contributed by atoms with van der Waals surface area (Å²) in [5.41, 5.74) is 2.85. The molecule has 2 rings (SSSR count). The molecule has 23 heavy (non-hydrogen) atoms. The summed E-state index contributed by atoms with van der Waals surface area (Å²) in [5.74, 6) is -0.234. The number of nitrogens with one attached hydrogen (secondary N) is 1. The maximum atomic E-state index is 12.2. The number of carbonyl (C=O) groups excluding carboxylic acids is 1. The van der Waals surface area contributed by atoms with Crippen LogP contribution in [0, 0.1) is 6.92 Å². The van der Waals surface area contributed by atoms with Gasteiger partial charge in [-0.1, -0.05) is 17.7 Å². The Balaban J connectivity index is 2.15. The third kappa shape index (κ3) is 4.32. The van der Waals surface area contributed by atoms with Crippen molar-refractivity contribution in [2.45, 2.75) is 13.8 Å². The van der Waals surface area contributed by atoms with Gasteiger partial charge in [0.25, 0.3) is 5.91 Å². The Hall–Kier alpha value is -2.34. The minimum absolute atomic E-state index is 0.234. The number of sulfonamides is 1. The number of benzene rings is 2. The van der Waals surface area contributed by atoms with Crippen LogP contribution >= 0.6 is 0 Å². The Morgan fingerprint density at radius 3 is 2.09 bits per heavy atom. The lowest BCUT2D eigenvalue weighted by molar-refractivity contribution is 0.102. The molecule has 122 valence electrons. The van der Waals surface area contributed by atoms with Gasteiger partial charge >= 0.3 is 0 Å². The van der Waals surface area contributed by atoms with E-state index in [1.54, 1.807) is 31.2 Å². The van der Waals surface area contributed by atoms with Crippen LogP contribution in [0.15, 0.2) is 48.5 Å². The lowest BCUT2D eigenvalue weighted by atomic mass is 10.1. The van der Waals surface area contributed by atoms with Crippen LogP contribution in [0.2, 0.25) is 0 Å². The summed E-state index contributed by atoms with van der Waals surface area (Å²) in [4.78, 5) is 12.2. The minimum Gasteiger partial charge on any atom is -0.322 e. The van der Waals surface area contributed by atoms with E-state index >= 15 is 0 Å². The third-order valence-corrected chi connectivity index (χ3v) is 4.68. The summed E-state index contributed by atoms with van der Waals surface area (Å²) < 4.78 is 24.7. The molecule has 0 radical (unpaired) electrons. The topological polar surface area (TPSA) is 66.5 Å². The van der Waals surface area contributed by atoms with Gasteiger partial charge in [0.1, 0.15) is 0 Å². The number of hydrogen-bond acceptors (Lipinski definition) is 3. The van der Waals surface area contributed by atoms with Crippen molar-refractivity contribution in [2.75, 3.05) is 22.4 Å². The van der Waals surface area contributed by atoms with Crippen LogP contribution in [0.4, 0.5) is 11.4 Å². The Kier molecular flexibility index (Phi) is 5.05. The molecule has 2 aromatic carbocycles. The molecule has 0 heterocycles. The fourth-order valence-corrected chi connectivity index (χ4v) is 3.20. The monoisotopic (exact) mass is 332 g/mol. The van der Waals surface area contributed by atoms with Crippen molar-refractivity contribution in [3.8, 4) is 0 Å². The summed E-state index contributed by atoms with van der Waals surface area (Å²) >= 11 is 0. The molecule has 1 amide bonds. The fraction of sp³-hybridized carbons (Fsp3) is 0.235. The smallest absolute Gasteiger partial charge is 0.255 e. The van der Waals surface area contributed by atoms with E-state index in [2.05, 4.69) is 5.32 Å². The highest BCUT2D eigenvalue weighted by molar-refractivity contribution is 7.92. The van der Waals surface area contributed by atoms with E-state index in [4.69, 9.17) is 0 Å². The van der Waals surface area contributed by atoms with Crippen molar-refractivity contribution in [3.05, 3.63) is 59.7 Å². The first-order valence-corrected chi connectivity index (χ1v) is 9.12. The Labute approximate surface area is 137 Å².